The monoisotopic (exact) mass is 267 g/mol. The first kappa shape index (κ1) is 13.4. The van der Waals surface area contributed by atoms with E-state index in [-0.39, 0.29) is 18.6 Å². The van der Waals surface area contributed by atoms with Crippen molar-refractivity contribution in [1.82, 2.24) is 5.32 Å². The highest BCUT2D eigenvalue weighted by Crippen LogP contribution is 2.37. The molecule has 0 aliphatic heterocycles. The summed E-state index contributed by atoms with van der Waals surface area (Å²) in [6, 6.07) is 8.23. The Labute approximate surface area is 112 Å². The molecule has 0 unspecified atom stereocenters. The van der Waals surface area contributed by atoms with E-state index in [1.54, 1.807) is 0 Å². The number of rotatable bonds is 5. The smallest absolute Gasteiger partial charge is 0.246 e. The zero-order chi connectivity index (χ0) is 13.0. The molecule has 0 saturated heterocycles. The zero-order valence-corrected chi connectivity index (χ0v) is 11.2. The molecule has 1 aromatic carbocycles. The predicted octanol–water partition coefficient (Wildman–Crippen LogP) is 2.74. The summed E-state index contributed by atoms with van der Waals surface area (Å²) >= 11 is 5.96. The molecule has 0 spiro atoms. The van der Waals surface area contributed by atoms with Gasteiger partial charge in [-0.1, -0.05) is 23.7 Å². The van der Waals surface area contributed by atoms with Crippen LogP contribution < -0.4 is 5.32 Å². The Kier molecular flexibility index (Phi) is 4.61. The molecule has 18 heavy (non-hydrogen) atoms. The lowest BCUT2D eigenvalue weighted by molar-refractivity contribution is -0.126. The first-order chi connectivity index (χ1) is 8.69. The van der Waals surface area contributed by atoms with Crippen molar-refractivity contribution in [2.45, 2.75) is 31.7 Å². The number of carbonyl (C=O) groups is 1. The third-order valence-corrected chi connectivity index (χ3v) is 3.50. The van der Waals surface area contributed by atoms with E-state index in [0.29, 0.717) is 12.5 Å². The van der Waals surface area contributed by atoms with Gasteiger partial charge < -0.3 is 10.1 Å². The average molecular weight is 268 g/mol. The van der Waals surface area contributed by atoms with Crippen LogP contribution in [0.2, 0.25) is 5.02 Å². The number of hydrogen-bond acceptors (Lipinski definition) is 2. The fourth-order valence-electron chi connectivity index (χ4n) is 2.23. The summed E-state index contributed by atoms with van der Waals surface area (Å²) in [7, 11) is 0. The Hall–Kier alpha value is -1.06. The number of ether oxygens (including phenoxy) is 1. The maximum absolute atomic E-state index is 11.4. The van der Waals surface area contributed by atoms with Gasteiger partial charge in [0, 0.05) is 17.7 Å². The molecule has 0 atom stereocenters. The molecule has 2 rings (SSSR count). The minimum atomic E-state index is -0.0219. The van der Waals surface area contributed by atoms with Gasteiger partial charge in [-0.3, -0.25) is 4.79 Å². The highest BCUT2D eigenvalue weighted by Gasteiger charge is 2.31. The Balaban J connectivity index is 1.75. The van der Waals surface area contributed by atoms with Crippen LogP contribution in [0.1, 0.15) is 31.2 Å². The quantitative estimate of drug-likeness (QED) is 0.891. The summed E-state index contributed by atoms with van der Waals surface area (Å²) in [4.78, 5) is 11.4. The van der Waals surface area contributed by atoms with Crippen molar-refractivity contribution in [2.75, 3.05) is 13.2 Å². The molecule has 3 nitrogen and oxygen atoms in total. The van der Waals surface area contributed by atoms with Crippen LogP contribution in [-0.2, 0) is 9.53 Å². The first-order valence-corrected chi connectivity index (χ1v) is 6.69. The number of hydrogen-bond donors (Lipinski definition) is 1. The molecule has 98 valence electrons. The zero-order valence-electron chi connectivity index (χ0n) is 10.5. The maximum Gasteiger partial charge on any atom is 0.246 e. The molecule has 1 amide bonds. The van der Waals surface area contributed by atoms with Crippen molar-refractivity contribution in [3.05, 3.63) is 34.9 Å². The topological polar surface area (TPSA) is 38.3 Å². The van der Waals surface area contributed by atoms with Crippen LogP contribution in [0.25, 0.3) is 0 Å². The number of amides is 1. The van der Waals surface area contributed by atoms with Gasteiger partial charge in [-0.2, -0.15) is 0 Å². The standard InChI is InChI=1S/C14H18ClNO2/c1-2-18-9-14(17)16-13-7-11(8-13)10-4-3-5-12(15)6-10/h3-6,11,13H,2,7-9H2,1H3,(H,16,17). The van der Waals surface area contributed by atoms with Crippen molar-refractivity contribution in [2.24, 2.45) is 0 Å². The van der Waals surface area contributed by atoms with E-state index in [4.69, 9.17) is 16.3 Å². The van der Waals surface area contributed by atoms with Gasteiger partial charge in [0.2, 0.25) is 5.91 Å². The van der Waals surface area contributed by atoms with Crippen molar-refractivity contribution in [3.63, 3.8) is 0 Å². The fraction of sp³-hybridized carbons (Fsp3) is 0.500. The SMILES string of the molecule is CCOCC(=O)NC1CC(c2cccc(Cl)c2)C1. The number of carbonyl (C=O) groups excluding carboxylic acids is 1. The average Bonchev–Trinajstić information content (AvgIpc) is 2.30. The van der Waals surface area contributed by atoms with E-state index in [2.05, 4.69) is 11.4 Å². The van der Waals surface area contributed by atoms with Crippen LogP contribution in [0.15, 0.2) is 24.3 Å². The number of nitrogens with one attached hydrogen (secondary N) is 1. The molecule has 4 heteroatoms. The Bertz CT molecular complexity index is 416. The fourth-order valence-corrected chi connectivity index (χ4v) is 2.43. The van der Waals surface area contributed by atoms with Gasteiger partial charge in [0.05, 0.1) is 0 Å². The maximum atomic E-state index is 11.4. The van der Waals surface area contributed by atoms with E-state index < -0.39 is 0 Å². The van der Waals surface area contributed by atoms with Crippen LogP contribution in [0.4, 0.5) is 0 Å². The lowest BCUT2D eigenvalue weighted by Gasteiger charge is -2.36. The molecule has 1 fully saturated rings. The molecule has 1 aliphatic carbocycles. The minimum absolute atomic E-state index is 0.0219. The first-order valence-electron chi connectivity index (χ1n) is 6.31. The Morgan fingerprint density at radius 2 is 2.28 bits per heavy atom. The van der Waals surface area contributed by atoms with Crippen molar-refractivity contribution < 1.29 is 9.53 Å². The predicted molar refractivity (Wildman–Crippen MR) is 71.9 cm³/mol. The molecular weight excluding hydrogens is 250 g/mol. The summed E-state index contributed by atoms with van der Waals surface area (Å²) in [5.41, 5.74) is 1.26. The molecule has 1 N–H and O–H groups in total. The minimum Gasteiger partial charge on any atom is -0.372 e. The van der Waals surface area contributed by atoms with Gasteiger partial charge in [-0.15, -0.1) is 0 Å². The van der Waals surface area contributed by atoms with Gasteiger partial charge in [-0.05, 0) is 43.4 Å². The number of benzene rings is 1. The second-order valence-corrected chi connectivity index (χ2v) is 5.06. The highest BCUT2D eigenvalue weighted by atomic mass is 35.5. The summed E-state index contributed by atoms with van der Waals surface area (Å²) in [5, 5.41) is 3.74. The third kappa shape index (κ3) is 3.47. The lowest BCUT2D eigenvalue weighted by atomic mass is 9.76. The van der Waals surface area contributed by atoms with Gasteiger partial charge >= 0.3 is 0 Å². The molecular formula is C14H18ClNO2. The highest BCUT2D eigenvalue weighted by molar-refractivity contribution is 6.30. The molecule has 1 saturated carbocycles. The molecule has 0 aromatic heterocycles. The molecule has 0 radical (unpaired) electrons. The van der Waals surface area contributed by atoms with Gasteiger partial charge in [0.25, 0.3) is 0 Å². The van der Waals surface area contributed by atoms with Crippen LogP contribution >= 0.6 is 11.6 Å². The van der Waals surface area contributed by atoms with Crippen LogP contribution in [0.5, 0.6) is 0 Å². The van der Waals surface area contributed by atoms with E-state index in [1.807, 2.05) is 25.1 Å². The normalized spacial score (nSPS) is 22.3. The second kappa shape index (κ2) is 6.21. The summed E-state index contributed by atoms with van der Waals surface area (Å²) in [6.07, 6.45) is 1.97. The van der Waals surface area contributed by atoms with Gasteiger partial charge in [-0.25, -0.2) is 0 Å². The Morgan fingerprint density at radius 3 is 2.94 bits per heavy atom. The van der Waals surface area contributed by atoms with E-state index in [9.17, 15) is 4.79 Å². The third-order valence-electron chi connectivity index (χ3n) is 3.26. The largest absolute Gasteiger partial charge is 0.372 e. The number of halogens is 1. The van der Waals surface area contributed by atoms with E-state index in [0.717, 1.165) is 17.9 Å². The molecule has 1 aliphatic rings. The van der Waals surface area contributed by atoms with Crippen LogP contribution in [0.3, 0.4) is 0 Å². The summed E-state index contributed by atoms with van der Waals surface area (Å²) in [5.74, 6) is 0.493. The van der Waals surface area contributed by atoms with Crippen LogP contribution in [-0.4, -0.2) is 25.2 Å². The summed E-state index contributed by atoms with van der Waals surface area (Å²) < 4.78 is 5.06. The van der Waals surface area contributed by atoms with Crippen molar-refractivity contribution >= 4 is 17.5 Å². The van der Waals surface area contributed by atoms with Crippen LogP contribution in [0, 0.1) is 0 Å². The second-order valence-electron chi connectivity index (χ2n) is 4.62. The molecule has 0 heterocycles. The van der Waals surface area contributed by atoms with Gasteiger partial charge in [0.1, 0.15) is 6.61 Å². The van der Waals surface area contributed by atoms with Crippen molar-refractivity contribution in [3.8, 4) is 0 Å². The molecule has 0 bridgehead atoms. The van der Waals surface area contributed by atoms with Gasteiger partial charge in [0.15, 0.2) is 0 Å². The van der Waals surface area contributed by atoms with E-state index >= 15 is 0 Å². The lowest BCUT2D eigenvalue weighted by Crippen LogP contribution is -2.44. The van der Waals surface area contributed by atoms with E-state index in [1.165, 1.54) is 5.56 Å². The molecule has 1 aromatic rings. The summed E-state index contributed by atoms with van der Waals surface area (Å²) in [6.45, 7) is 2.61. The Morgan fingerprint density at radius 1 is 1.50 bits per heavy atom. The van der Waals surface area contributed by atoms with Crippen molar-refractivity contribution in [1.29, 1.82) is 0 Å².